The number of morpholine rings is 1. The molecule has 1 saturated heterocycles. The number of carbonyl (C=O) groups excluding carboxylic acids is 1. The van der Waals surface area contributed by atoms with Crippen LogP contribution in [0, 0.1) is 5.92 Å². The van der Waals surface area contributed by atoms with Crippen LogP contribution in [0.3, 0.4) is 0 Å². The van der Waals surface area contributed by atoms with Gasteiger partial charge in [-0.05, 0) is 30.0 Å². The van der Waals surface area contributed by atoms with Crippen LogP contribution in [-0.4, -0.2) is 57.0 Å². The van der Waals surface area contributed by atoms with Gasteiger partial charge in [0.25, 0.3) is 0 Å². The number of ether oxygens (including phenoxy) is 1. The quantitative estimate of drug-likeness (QED) is 0.441. The maximum Gasteiger partial charge on any atom is 0.219 e. The summed E-state index contributed by atoms with van der Waals surface area (Å²) >= 11 is 0. The van der Waals surface area contributed by atoms with Crippen LogP contribution in [0.4, 0.5) is 11.8 Å². The van der Waals surface area contributed by atoms with E-state index in [-0.39, 0.29) is 11.9 Å². The van der Waals surface area contributed by atoms with E-state index >= 15 is 0 Å². The Morgan fingerprint density at radius 2 is 1.75 bits per heavy atom. The summed E-state index contributed by atoms with van der Waals surface area (Å²) in [5, 5.41) is 0. The molecule has 9 heteroatoms. The Morgan fingerprint density at radius 3 is 2.50 bits per heavy atom. The molecule has 1 saturated carbocycles. The molecule has 2 fully saturated rings. The lowest BCUT2D eigenvalue weighted by Crippen LogP contribution is -2.37. The molecule has 0 unspecified atom stereocenters. The third kappa shape index (κ3) is 4.49. The number of nitrogen functional groups attached to an aromatic ring is 1. The molecule has 2 aliphatic rings. The van der Waals surface area contributed by atoms with E-state index in [2.05, 4.69) is 20.9 Å². The number of pyridine rings is 1. The zero-order valence-electron chi connectivity index (χ0n) is 19.9. The van der Waals surface area contributed by atoms with E-state index in [1.807, 2.05) is 30.5 Å². The highest BCUT2D eigenvalue weighted by atomic mass is 16.5. The average molecular weight is 482 g/mol. The van der Waals surface area contributed by atoms with Crippen LogP contribution in [0.15, 0.2) is 48.9 Å². The fourth-order valence-electron chi connectivity index (χ4n) is 4.68. The van der Waals surface area contributed by atoms with Crippen LogP contribution < -0.4 is 10.6 Å². The lowest BCUT2D eigenvalue weighted by atomic mass is 9.80. The minimum atomic E-state index is 0.201. The first-order valence-electron chi connectivity index (χ1n) is 12.3. The SMILES string of the molecule is Nc1ncc(-c2nc(N3CCOCC3)c3ncc(-c4cccc(CC(=O)C5CCC5)c4)cc3n2)cn1. The molecule has 2 N–H and O–H groups in total. The van der Waals surface area contributed by atoms with Crippen molar-refractivity contribution in [2.75, 3.05) is 36.9 Å². The molecular formula is C27H27N7O2. The summed E-state index contributed by atoms with van der Waals surface area (Å²) in [4.78, 5) is 37.4. The first-order valence-corrected chi connectivity index (χ1v) is 12.3. The number of nitrogens with zero attached hydrogens (tertiary/aromatic N) is 6. The second-order valence-electron chi connectivity index (χ2n) is 9.36. The fourth-order valence-corrected chi connectivity index (χ4v) is 4.68. The van der Waals surface area contributed by atoms with E-state index in [4.69, 9.17) is 25.4 Å². The van der Waals surface area contributed by atoms with Crippen molar-refractivity contribution in [2.45, 2.75) is 25.7 Å². The highest BCUT2D eigenvalue weighted by Gasteiger charge is 2.25. The number of hydrogen-bond donors (Lipinski definition) is 1. The second kappa shape index (κ2) is 9.58. The third-order valence-corrected chi connectivity index (χ3v) is 6.96. The number of benzene rings is 1. The Balaban J connectivity index is 1.40. The van der Waals surface area contributed by atoms with Gasteiger partial charge in [0.05, 0.1) is 24.3 Å². The number of fused-ring (bicyclic) bond motifs is 1. The molecule has 1 aliphatic carbocycles. The van der Waals surface area contributed by atoms with Crippen LogP contribution in [0.25, 0.3) is 33.5 Å². The molecule has 0 radical (unpaired) electrons. The Morgan fingerprint density at radius 1 is 0.972 bits per heavy atom. The molecule has 0 atom stereocenters. The third-order valence-electron chi connectivity index (χ3n) is 6.96. The molecule has 4 aromatic rings. The summed E-state index contributed by atoms with van der Waals surface area (Å²) < 4.78 is 5.54. The van der Waals surface area contributed by atoms with Crippen molar-refractivity contribution < 1.29 is 9.53 Å². The number of anilines is 2. The summed E-state index contributed by atoms with van der Waals surface area (Å²) in [5.41, 5.74) is 10.8. The van der Waals surface area contributed by atoms with Crippen molar-refractivity contribution >= 4 is 28.6 Å². The lowest BCUT2D eigenvalue weighted by molar-refractivity contribution is -0.124. The molecule has 0 spiro atoms. The minimum absolute atomic E-state index is 0.201. The Hall–Kier alpha value is -3.98. The van der Waals surface area contributed by atoms with Crippen molar-refractivity contribution in [2.24, 2.45) is 5.92 Å². The minimum Gasteiger partial charge on any atom is -0.378 e. The van der Waals surface area contributed by atoms with E-state index in [1.54, 1.807) is 12.4 Å². The molecule has 4 heterocycles. The number of Topliss-reactive ketones (excluding diaryl/α,β-unsaturated/α-hetero) is 1. The molecular weight excluding hydrogens is 454 g/mol. The number of hydrogen-bond acceptors (Lipinski definition) is 9. The van der Waals surface area contributed by atoms with E-state index in [0.29, 0.717) is 36.8 Å². The van der Waals surface area contributed by atoms with E-state index < -0.39 is 0 Å². The lowest BCUT2D eigenvalue weighted by Gasteiger charge is -2.28. The Labute approximate surface area is 208 Å². The molecule has 0 amide bonds. The molecule has 0 bridgehead atoms. The van der Waals surface area contributed by atoms with Gasteiger partial charge in [-0.2, -0.15) is 0 Å². The van der Waals surface area contributed by atoms with Crippen molar-refractivity contribution in [1.82, 2.24) is 24.9 Å². The van der Waals surface area contributed by atoms with Crippen molar-refractivity contribution in [3.63, 3.8) is 0 Å². The van der Waals surface area contributed by atoms with Gasteiger partial charge in [0.15, 0.2) is 11.6 Å². The highest BCUT2D eigenvalue weighted by molar-refractivity contribution is 5.90. The number of aromatic nitrogens is 5. The Kier molecular flexibility index (Phi) is 5.98. The summed E-state index contributed by atoms with van der Waals surface area (Å²) in [7, 11) is 0. The van der Waals surface area contributed by atoms with Gasteiger partial charge in [-0.15, -0.1) is 0 Å². The number of nitrogens with two attached hydrogens (primary N) is 1. The molecule has 3 aromatic heterocycles. The number of carbonyl (C=O) groups is 1. The Bertz CT molecular complexity index is 1410. The van der Waals surface area contributed by atoms with Crippen LogP contribution in [-0.2, 0) is 16.0 Å². The fraction of sp³-hybridized carbons (Fsp3) is 0.333. The van der Waals surface area contributed by atoms with Gasteiger partial charge in [-0.3, -0.25) is 9.78 Å². The molecule has 1 aliphatic heterocycles. The topological polar surface area (TPSA) is 120 Å². The van der Waals surface area contributed by atoms with Crippen LogP contribution >= 0.6 is 0 Å². The molecule has 36 heavy (non-hydrogen) atoms. The maximum atomic E-state index is 12.5. The summed E-state index contributed by atoms with van der Waals surface area (Å²) in [6, 6.07) is 10.2. The van der Waals surface area contributed by atoms with E-state index in [1.165, 1.54) is 0 Å². The van der Waals surface area contributed by atoms with E-state index in [9.17, 15) is 4.79 Å². The van der Waals surface area contributed by atoms with E-state index in [0.717, 1.165) is 65.9 Å². The smallest absolute Gasteiger partial charge is 0.219 e. The monoisotopic (exact) mass is 481 g/mol. The van der Waals surface area contributed by atoms with Gasteiger partial charge in [-0.1, -0.05) is 30.7 Å². The summed E-state index contributed by atoms with van der Waals surface area (Å²) in [6.45, 7) is 2.72. The van der Waals surface area contributed by atoms with Gasteiger partial charge in [0.2, 0.25) is 5.95 Å². The average Bonchev–Trinajstić information content (AvgIpc) is 2.88. The second-order valence-corrected chi connectivity index (χ2v) is 9.36. The predicted molar refractivity (Wildman–Crippen MR) is 137 cm³/mol. The standard InChI is InChI=1S/C27H27N7O2/c28-27-30-15-21(16-31-27)25-32-22-13-20(14-29-24(22)26(33-25)34-7-9-36-10-8-34)19-6-1-3-17(11-19)12-23(35)18-4-2-5-18/h1,3,6,11,13-16,18H,2,4-5,7-10,12H2,(H2,28,30,31). The van der Waals surface area contributed by atoms with Gasteiger partial charge in [0.1, 0.15) is 11.3 Å². The molecule has 9 nitrogen and oxygen atoms in total. The van der Waals surface area contributed by atoms with Crippen LogP contribution in [0.2, 0.25) is 0 Å². The summed E-state index contributed by atoms with van der Waals surface area (Å²) in [5.74, 6) is 2.06. The van der Waals surface area contributed by atoms with Gasteiger partial charge in [-0.25, -0.2) is 19.9 Å². The highest BCUT2D eigenvalue weighted by Crippen LogP contribution is 2.31. The molecule has 1 aromatic carbocycles. The molecule has 6 rings (SSSR count). The van der Waals surface area contributed by atoms with Gasteiger partial charge in [0, 0.05) is 49.6 Å². The van der Waals surface area contributed by atoms with Crippen molar-refractivity contribution in [3.8, 4) is 22.5 Å². The largest absolute Gasteiger partial charge is 0.378 e. The number of ketones is 1. The van der Waals surface area contributed by atoms with Crippen molar-refractivity contribution in [3.05, 3.63) is 54.5 Å². The van der Waals surface area contributed by atoms with Crippen molar-refractivity contribution in [1.29, 1.82) is 0 Å². The summed E-state index contributed by atoms with van der Waals surface area (Å²) in [6.07, 6.45) is 8.81. The molecule has 182 valence electrons. The predicted octanol–water partition coefficient (Wildman–Crippen LogP) is 3.48. The van der Waals surface area contributed by atoms with Crippen LogP contribution in [0.5, 0.6) is 0 Å². The first kappa shape index (κ1) is 22.5. The van der Waals surface area contributed by atoms with Crippen LogP contribution in [0.1, 0.15) is 24.8 Å². The zero-order valence-corrected chi connectivity index (χ0v) is 19.9. The number of rotatable bonds is 6. The normalized spacial score (nSPS) is 16.2. The maximum absolute atomic E-state index is 12.5. The van der Waals surface area contributed by atoms with Gasteiger partial charge >= 0.3 is 0 Å². The first-order chi connectivity index (χ1) is 17.6. The van der Waals surface area contributed by atoms with Gasteiger partial charge < -0.3 is 15.4 Å². The zero-order chi connectivity index (χ0) is 24.5.